The summed E-state index contributed by atoms with van der Waals surface area (Å²) in [6.07, 6.45) is 5.57. The number of hydrogen-bond donors (Lipinski definition) is 1. The molecule has 0 saturated heterocycles. The van der Waals surface area contributed by atoms with Crippen LogP contribution in [0.4, 0.5) is 0 Å². The largest absolute Gasteiger partial charge is 0.481 e. The Hall–Kier alpha value is -1.06. The summed E-state index contributed by atoms with van der Waals surface area (Å²) in [6.45, 7) is 2.68. The van der Waals surface area contributed by atoms with Gasteiger partial charge in [0.1, 0.15) is 0 Å². The van der Waals surface area contributed by atoms with E-state index in [0.29, 0.717) is 25.4 Å². The quantitative estimate of drug-likeness (QED) is 0.798. The lowest BCUT2D eigenvalue weighted by Crippen LogP contribution is -2.39. The van der Waals surface area contributed by atoms with Gasteiger partial charge in [0.15, 0.2) is 0 Å². The fourth-order valence-electron chi connectivity index (χ4n) is 2.93. The van der Waals surface area contributed by atoms with Gasteiger partial charge in [0.05, 0.1) is 5.41 Å². The molecular formula is C13H21NO3. The fourth-order valence-corrected chi connectivity index (χ4v) is 2.93. The molecule has 0 aromatic carbocycles. The lowest BCUT2D eigenvalue weighted by atomic mass is 9.82. The molecule has 2 rings (SSSR count). The monoisotopic (exact) mass is 239 g/mol. The number of carbonyl (C=O) groups is 2. The van der Waals surface area contributed by atoms with Crippen LogP contribution in [0.5, 0.6) is 0 Å². The van der Waals surface area contributed by atoms with Crippen molar-refractivity contribution in [3.8, 4) is 0 Å². The summed E-state index contributed by atoms with van der Waals surface area (Å²) in [5.74, 6) is -0.741. The smallest absolute Gasteiger partial charge is 0.310 e. The second-order valence-electron chi connectivity index (χ2n) is 5.38. The van der Waals surface area contributed by atoms with E-state index < -0.39 is 11.4 Å². The van der Waals surface area contributed by atoms with E-state index >= 15 is 0 Å². The van der Waals surface area contributed by atoms with Crippen LogP contribution < -0.4 is 0 Å². The van der Waals surface area contributed by atoms with Crippen LogP contribution in [0.2, 0.25) is 0 Å². The predicted molar refractivity (Wildman–Crippen MR) is 63.6 cm³/mol. The molecular weight excluding hydrogens is 218 g/mol. The maximum Gasteiger partial charge on any atom is 0.310 e. The number of amides is 1. The van der Waals surface area contributed by atoms with E-state index in [4.69, 9.17) is 0 Å². The summed E-state index contributed by atoms with van der Waals surface area (Å²) < 4.78 is 0. The van der Waals surface area contributed by atoms with Crippen LogP contribution in [0.25, 0.3) is 0 Å². The third-order valence-corrected chi connectivity index (χ3v) is 4.15. The minimum atomic E-state index is -0.782. The first-order valence-electron chi connectivity index (χ1n) is 6.62. The summed E-state index contributed by atoms with van der Waals surface area (Å²) in [5.41, 5.74) is -0.764. The maximum absolute atomic E-state index is 12.2. The Bertz CT molecular complexity index is 317. The molecule has 17 heavy (non-hydrogen) atoms. The van der Waals surface area contributed by atoms with Crippen molar-refractivity contribution in [2.45, 2.75) is 57.9 Å². The number of hydrogen-bond acceptors (Lipinski definition) is 2. The second-order valence-corrected chi connectivity index (χ2v) is 5.38. The van der Waals surface area contributed by atoms with E-state index in [1.54, 1.807) is 0 Å². The lowest BCUT2D eigenvalue weighted by Gasteiger charge is -2.27. The molecule has 0 bridgehead atoms. The van der Waals surface area contributed by atoms with E-state index in [2.05, 4.69) is 0 Å². The molecule has 2 aliphatic carbocycles. The number of nitrogens with zero attached hydrogens (tertiary/aromatic N) is 1. The van der Waals surface area contributed by atoms with Crippen molar-refractivity contribution in [2.75, 3.05) is 6.54 Å². The van der Waals surface area contributed by atoms with Gasteiger partial charge in [-0.3, -0.25) is 9.59 Å². The van der Waals surface area contributed by atoms with Crippen molar-refractivity contribution in [3.05, 3.63) is 0 Å². The first-order valence-corrected chi connectivity index (χ1v) is 6.62. The SMILES string of the molecule is CCN(C(=O)CC1(C(=O)O)CCCC1)C1CC1. The minimum absolute atomic E-state index is 0.0410. The van der Waals surface area contributed by atoms with Gasteiger partial charge in [-0.2, -0.15) is 0 Å². The highest BCUT2D eigenvalue weighted by molar-refractivity contribution is 5.85. The predicted octanol–water partition coefficient (Wildman–Crippen LogP) is 2.03. The highest BCUT2D eigenvalue weighted by Gasteiger charge is 2.45. The van der Waals surface area contributed by atoms with Crippen LogP contribution in [0.1, 0.15) is 51.9 Å². The summed E-state index contributed by atoms with van der Waals surface area (Å²) in [7, 11) is 0. The van der Waals surface area contributed by atoms with Crippen LogP contribution >= 0.6 is 0 Å². The molecule has 0 radical (unpaired) electrons. The van der Waals surface area contributed by atoms with E-state index in [1.807, 2.05) is 11.8 Å². The lowest BCUT2D eigenvalue weighted by molar-refractivity contribution is -0.153. The molecule has 0 heterocycles. The van der Waals surface area contributed by atoms with E-state index in [-0.39, 0.29) is 12.3 Å². The number of carboxylic acids is 1. The van der Waals surface area contributed by atoms with Crippen molar-refractivity contribution in [3.63, 3.8) is 0 Å². The van der Waals surface area contributed by atoms with Crippen molar-refractivity contribution in [1.29, 1.82) is 0 Å². The summed E-state index contributed by atoms with van der Waals surface area (Å²) in [4.78, 5) is 25.4. The van der Waals surface area contributed by atoms with Gasteiger partial charge in [-0.1, -0.05) is 12.8 Å². The molecule has 0 aromatic heterocycles. The maximum atomic E-state index is 12.2. The zero-order chi connectivity index (χ0) is 12.5. The van der Waals surface area contributed by atoms with Gasteiger partial charge >= 0.3 is 5.97 Å². The average molecular weight is 239 g/mol. The van der Waals surface area contributed by atoms with Crippen LogP contribution in [0.3, 0.4) is 0 Å². The van der Waals surface area contributed by atoms with Crippen molar-refractivity contribution in [2.24, 2.45) is 5.41 Å². The van der Waals surface area contributed by atoms with Crippen LogP contribution in [0, 0.1) is 5.41 Å². The van der Waals surface area contributed by atoms with Crippen LogP contribution in [-0.4, -0.2) is 34.5 Å². The fraction of sp³-hybridized carbons (Fsp3) is 0.846. The molecule has 0 atom stereocenters. The topological polar surface area (TPSA) is 57.6 Å². The highest BCUT2D eigenvalue weighted by Crippen LogP contribution is 2.42. The minimum Gasteiger partial charge on any atom is -0.481 e. The summed E-state index contributed by atoms with van der Waals surface area (Å²) >= 11 is 0. The molecule has 4 nitrogen and oxygen atoms in total. The Kier molecular flexibility index (Phi) is 3.40. The Balaban J connectivity index is 2.02. The second kappa shape index (κ2) is 4.67. The molecule has 1 N–H and O–H groups in total. The molecule has 1 amide bonds. The van der Waals surface area contributed by atoms with E-state index in [0.717, 1.165) is 25.7 Å². The molecule has 96 valence electrons. The Morgan fingerprint density at radius 2 is 1.88 bits per heavy atom. The first-order chi connectivity index (χ1) is 8.09. The number of aliphatic carboxylic acids is 1. The number of carboxylic acid groups (broad SMARTS) is 1. The normalized spacial score (nSPS) is 22.4. The number of rotatable bonds is 5. The highest BCUT2D eigenvalue weighted by atomic mass is 16.4. The summed E-state index contributed by atoms with van der Waals surface area (Å²) in [6, 6.07) is 0.389. The molecule has 0 unspecified atom stereocenters. The van der Waals surface area contributed by atoms with Gasteiger partial charge in [-0.25, -0.2) is 0 Å². The van der Waals surface area contributed by atoms with Crippen molar-refractivity contribution >= 4 is 11.9 Å². The summed E-state index contributed by atoms with van der Waals surface area (Å²) in [5, 5.41) is 9.35. The van der Waals surface area contributed by atoms with Crippen LogP contribution in [0.15, 0.2) is 0 Å². The third-order valence-electron chi connectivity index (χ3n) is 4.15. The third kappa shape index (κ3) is 2.45. The Labute approximate surface area is 102 Å². The van der Waals surface area contributed by atoms with Gasteiger partial charge in [0, 0.05) is 19.0 Å². The zero-order valence-corrected chi connectivity index (χ0v) is 10.4. The van der Waals surface area contributed by atoms with Gasteiger partial charge in [0.25, 0.3) is 0 Å². The molecule has 2 aliphatic rings. The van der Waals surface area contributed by atoms with Crippen molar-refractivity contribution < 1.29 is 14.7 Å². The van der Waals surface area contributed by atoms with Gasteiger partial charge in [-0.15, -0.1) is 0 Å². The van der Waals surface area contributed by atoms with Gasteiger partial charge in [-0.05, 0) is 32.6 Å². The van der Waals surface area contributed by atoms with E-state index in [1.165, 1.54) is 0 Å². The van der Waals surface area contributed by atoms with Gasteiger partial charge in [0.2, 0.25) is 5.91 Å². The molecule has 2 fully saturated rings. The zero-order valence-electron chi connectivity index (χ0n) is 10.4. The molecule has 0 aliphatic heterocycles. The standard InChI is InChI=1S/C13H21NO3/c1-2-14(10-5-6-10)11(15)9-13(12(16)17)7-3-4-8-13/h10H,2-9H2,1H3,(H,16,17). The number of carbonyl (C=O) groups excluding carboxylic acids is 1. The first kappa shape index (κ1) is 12.4. The Morgan fingerprint density at radius 1 is 1.29 bits per heavy atom. The van der Waals surface area contributed by atoms with E-state index in [9.17, 15) is 14.7 Å². The van der Waals surface area contributed by atoms with Gasteiger partial charge < -0.3 is 10.0 Å². The molecule has 0 aromatic rings. The van der Waals surface area contributed by atoms with Crippen LogP contribution in [-0.2, 0) is 9.59 Å². The average Bonchev–Trinajstić information content (AvgIpc) is 2.98. The van der Waals surface area contributed by atoms with Crippen molar-refractivity contribution in [1.82, 2.24) is 4.90 Å². The molecule has 0 spiro atoms. The Morgan fingerprint density at radius 3 is 2.29 bits per heavy atom. The molecule has 2 saturated carbocycles. The molecule has 4 heteroatoms.